The Morgan fingerprint density at radius 1 is 1.20 bits per heavy atom. The van der Waals surface area contributed by atoms with E-state index in [4.69, 9.17) is 9.47 Å². The normalized spacial score (nSPS) is 16.7. The second kappa shape index (κ2) is 10.3. The largest absolute Gasteiger partial charge is 0.480 e. The SMILES string of the molecule is CC[C@H](Oc1ccc(C)cc1C)C(=O)Nc1ccccc1C(=O)NC[C@H]1CCCO1. The first-order valence-electron chi connectivity index (χ1n) is 10.5. The van der Waals surface area contributed by atoms with E-state index in [9.17, 15) is 9.59 Å². The van der Waals surface area contributed by atoms with Gasteiger partial charge in [0.05, 0.1) is 17.4 Å². The van der Waals surface area contributed by atoms with E-state index in [1.807, 2.05) is 39.0 Å². The molecule has 0 aliphatic carbocycles. The number of nitrogens with one attached hydrogen (secondary N) is 2. The highest BCUT2D eigenvalue weighted by molar-refractivity contribution is 6.04. The molecule has 1 heterocycles. The van der Waals surface area contributed by atoms with Crippen molar-refractivity contribution in [3.05, 3.63) is 59.2 Å². The van der Waals surface area contributed by atoms with Gasteiger partial charge in [-0.15, -0.1) is 0 Å². The van der Waals surface area contributed by atoms with Crippen LogP contribution in [0.15, 0.2) is 42.5 Å². The Kier molecular flexibility index (Phi) is 7.46. The summed E-state index contributed by atoms with van der Waals surface area (Å²) < 4.78 is 11.5. The molecular weight excluding hydrogens is 380 g/mol. The molecule has 0 unspecified atom stereocenters. The van der Waals surface area contributed by atoms with E-state index in [1.54, 1.807) is 24.3 Å². The molecule has 1 fully saturated rings. The molecule has 0 bridgehead atoms. The van der Waals surface area contributed by atoms with Crippen molar-refractivity contribution in [1.29, 1.82) is 0 Å². The van der Waals surface area contributed by atoms with Gasteiger partial charge in [-0.05, 0) is 56.9 Å². The number of rotatable bonds is 8. The summed E-state index contributed by atoms with van der Waals surface area (Å²) in [7, 11) is 0. The maximum Gasteiger partial charge on any atom is 0.265 e. The second-order valence-electron chi connectivity index (χ2n) is 7.66. The number of aryl methyl sites for hydroxylation is 2. The second-order valence-corrected chi connectivity index (χ2v) is 7.66. The fraction of sp³-hybridized carbons (Fsp3) is 0.417. The summed E-state index contributed by atoms with van der Waals surface area (Å²) in [6, 6.07) is 12.9. The highest BCUT2D eigenvalue weighted by atomic mass is 16.5. The number of para-hydroxylation sites is 1. The van der Waals surface area contributed by atoms with E-state index in [0.717, 1.165) is 30.6 Å². The van der Waals surface area contributed by atoms with Crippen LogP contribution in [0.2, 0.25) is 0 Å². The maximum atomic E-state index is 12.9. The van der Waals surface area contributed by atoms with Crippen LogP contribution < -0.4 is 15.4 Å². The molecule has 160 valence electrons. The molecule has 1 aliphatic rings. The number of carbonyl (C=O) groups excluding carboxylic acids is 2. The van der Waals surface area contributed by atoms with Gasteiger partial charge in [0.1, 0.15) is 5.75 Å². The average Bonchev–Trinajstić information content (AvgIpc) is 3.25. The molecule has 30 heavy (non-hydrogen) atoms. The van der Waals surface area contributed by atoms with Gasteiger partial charge in [0.2, 0.25) is 0 Å². The summed E-state index contributed by atoms with van der Waals surface area (Å²) >= 11 is 0. The Morgan fingerprint density at radius 2 is 2.00 bits per heavy atom. The Labute approximate surface area is 178 Å². The van der Waals surface area contributed by atoms with E-state index in [0.29, 0.717) is 30.0 Å². The molecule has 0 radical (unpaired) electrons. The van der Waals surface area contributed by atoms with Gasteiger partial charge in [0, 0.05) is 13.2 Å². The minimum atomic E-state index is -0.658. The molecule has 2 aromatic rings. The number of anilines is 1. The average molecular weight is 411 g/mol. The zero-order chi connectivity index (χ0) is 21.5. The summed E-state index contributed by atoms with van der Waals surface area (Å²) in [6.45, 7) is 7.08. The monoisotopic (exact) mass is 410 g/mol. The third-order valence-corrected chi connectivity index (χ3v) is 5.21. The smallest absolute Gasteiger partial charge is 0.265 e. The third-order valence-electron chi connectivity index (χ3n) is 5.21. The lowest BCUT2D eigenvalue weighted by atomic mass is 10.1. The summed E-state index contributed by atoms with van der Waals surface area (Å²) in [5, 5.41) is 5.77. The molecule has 2 amide bonds. The molecule has 1 aliphatic heterocycles. The molecule has 2 aromatic carbocycles. The van der Waals surface area contributed by atoms with Gasteiger partial charge in [-0.2, -0.15) is 0 Å². The van der Waals surface area contributed by atoms with E-state index in [1.165, 1.54) is 0 Å². The molecule has 6 nitrogen and oxygen atoms in total. The summed E-state index contributed by atoms with van der Waals surface area (Å²) in [5.41, 5.74) is 3.01. The van der Waals surface area contributed by atoms with Gasteiger partial charge in [-0.3, -0.25) is 9.59 Å². The molecular formula is C24H30N2O4. The first kappa shape index (κ1) is 21.8. The number of carbonyl (C=O) groups is 2. The zero-order valence-corrected chi connectivity index (χ0v) is 17.9. The molecule has 2 N–H and O–H groups in total. The van der Waals surface area contributed by atoms with E-state index >= 15 is 0 Å². The summed E-state index contributed by atoms with van der Waals surface area (Å²) in [5.74, 6) is 0.173. The van der Waals surface area contributed by atoms with Gasteiger partial charge in [-0.25, -0.2) is 0 Å². The Bertz CT molecular complexity index is 891. The predicted octanol–water partition coefficient (Wildman–Crippen LogP) is 4.01. The molecule has 0 saturated carbocycles. The van der Waals surface area contributed by atoms with Gasteiger partial charge < -0.3 is 20.1 Å². The summed E-state index contributed by atoms with van der Waals surface area (Å²) in [4.78, 5) is 25.5. The molecule has 6 heteroatoms. The zero-order valence-electron chi connectivity index (χ0n) is 17.9. The molecule has 1 saturated heterocycles. The van der Waals surface area contributed by atoms with Crippen LogP contribution in [0.4, 0.5) is 5.69 Å². The Morgan fingerprint density at radius 3 is 2.70 bits per heavy atom. The van der Waals surface area contributed by atoms with Crippen LogP contribution >= 0.6 is 0 Å². The Balaban J connectivity index is 1.66. The number of benzene rings is 2. The molecule has 0 aromatic heterocycles. The summed E-state index contributed by atoms with van der Waals surface area (Å²) in [6.07, 6.45) is 1.88. The highest BCUT2D eigenvalue weighted by Crippen LogP contribution is 2.22. The van der Waals surface area contributed by atoms with Crippen molar-refractivity contribution in [3.63, 3.8) is 0 Å². The molecule has 0 spiro atoms. The van der Waals surface area contributed by atoms with E-state index < -0.39 is 6.10 Å². The van der Waals surface area contributed by atoms with Crippen LogP contribution in [0.3, 0.4) is 0 Å². The van der Waals surface area contributed by atoms with Crippen LogP contribution in [0.1, 0.15) is 47.7 Å². The van der Waals surface area contributed by atoms with Gasteiger partial charge in [0.25, 0.3) is 11.8 Å². The number of ether oxygens (including phenoxy) is 2. The number of amides is 2. The highest BCUT2D eigenvalue weighted by Gasteiger charge is 2.22. The standard InChI is InChI=1S/C24H30N2O4/c1-4-21(30-22-12-11-16(2)14-17(22)3)24(28)26-20-10-6-5-9-19(20)23(27)25-15-18-8-7-13-29-18/h5-6,9-12,14,18,21H,4,7-8,13,15H2,1-3H3,(H,25,27)(H,26,28)/t18-,21+/m1/s1. The number of hydrogen-bond acceptors (Lipinski definition) is 4. The fourth-order valence-corrected chi connectivity index (χ4v) is 3.52. The maximum absolute atomic E-state index is 12.9. The van der Waals surface area contributed by atoms with Crippen molar-refractivity contribution < 1.29 is 19.1 Å². The van der Waals surface area contributed by atoms with Crippen LogP contribution in [0, 0.1) is 13.8 Å². The van der Waals surface area contributed by atoms with E-state index in [-0.39, 0.29) is 17.9 Å². The third kappa shape index (κ3) is 5.60. The lowest BCUT2D eigenvalue weighted by molar-refractivity contribution is -0.122. The Hall–Kier alpha value is -2.86. The topological polar surface area (TPSA) is 76.7 Å². The first-order valence-corrected chi connectivity index (χ1v) is 10.5. The quantitative estimate of drug-likeness (QED) is 0.689. The first-order chi connectivity index (χ1) is 14.5. The minimum Gasteiger partial charge on any atom is -0.480 e. The van der Waals surface area contributed by atoms with Gasteiger partial charge in [0.15, 0.2) is 6.10 Å². The van der Waals surface area contributed by atoms with E-state index in [2.05, 4.69) is 10.6 Å². The van der Waals surface area contributed by atoms with Crippen LogP contribution in [-0.2, 0) is 9.53 Å². The van der Waals surface area contributed by atoms with Crippen molar-refractivity contribution in [1.82, 2.24) is 5.32 Å². The predicted molar refractivity (Wildman–Crippen MR) is 117 cm³/mol. The van der Waals surface area contributed by atoms with Crippen LogP contribution in [0.5, 0.6) is 5.75 Å². The fourth-order valence-electron chi connectivity index (χ4n) is 3.52. The van der Waals surface area contributed by atoms with Crippen LogP contribution in [0.25, 0.3) is 0 Å². The minimum absolute atomic E-state index is 0.0614. The van der Waals surface area contributed by atoms with Gasteiger partial charge in [-0.1, -0.05) is 36.8 Å². The van der Waals surface area contributed by atoms with Crippen molar-refractivity contribution in [3.8, 4) is 5.75 Å². The van der Waals surface area contributed by atoms with Crippen molar-refractivity contribution in [2.75, 3.05) is 18.5 Å². The molecule has 3 rings (SSSR count). The van der Waals surface area contributed by atoms with Crippen molar-refractivity contribution >= 4 is 17.5 Å². The lowest BCUT2D eigenvalue weighted by Gasteiger charge is -2.20. The molecule has 2 atom stereocenters. The van der Waals surface area contributed by atoms with Gasteiger partial charge >= 0.3 is 0 Å². The van der Waals surface area contributed by atoms with Crippen molar-refractivity contribution in [2.45, 2.75) is 52.2 Å². The lowest BCUT2D eigenvalue weighted by Crippen LogP contribution is -2.35. The number of hydrogen-bond donors (Lipinski definition) is 2. The van der Waals surface area contributed by atoms with Crippen LogP contribution in [-0.4, -0.2) is 37.2 Å². The van der Waals surface area contributed by atoms with Crippen molar-refractivity contribution in [2.24, 2.45) is 0 Å².